The van der Waals surface area contributed by atoms with Gasteiger partial charge in [0, 0.05) is 13.0 Å². The summed E-state index contributed by atoms with van der Waals surface area (Å²) in [7, 11) is 0. The molecule has 0 saturated heterocycles. The molecule has 3 N–H and O–H groups in total. The van der Waals surface area contributed by atoms with Crippen LogP contribution in [0.15, 0.2) is 0 Å². The highest BCUT2D eigenvalue weighted by molar-refractivity contribution is 5.87. The number of nitrogens with two attached hydrogens (primary N) is 1. The Labute approximate surface area is 120 Å². The van der Waals surface area contributed by atoms with Crippen molar-refractivity contribution in [3.05, 3.63) is 0 Å². The second-order valence-corrected chi connectivity index (χ2v) is 5.10. The first-order valence-electron chi connectivity index (χ1n) is 7.12. The van der Waals surface area contributed by atoms with E-state index < -0.39 is 17.3 Å². The van der Waals surface area contributed by atoms with Crippen LogP contribution in [-0.2, 0) is 14.4 Å². The number of unbranched alkanes of at least 4 members (excludes halogenated alkanes) is 1. The third kappa shape index (κ3) is 5.19. The third-order valence-corrected chi connectivity index (χ3v) is 3.78. The van der Waals surface area contributed by atoms with Gasteiger partial charge >= 0.3 is 5.97 Å². The molecule has 0 spiro atoms. The van der Waals surface area contributed by atoms with Gasteiger partial charge in [0.1, 0.15) is 0 Å². The second kappa shape index (κ2) is 8.55. The Bertz CT molecular complexity index is 351. The van der Waals surface area contributed by atoms with Gasteiger partial charge in [-0.2, -0.15) is 0 Å². The minimum Gasteiger partial charge on any atom is -0.481 e. The highest BCUT2D eigenvalue weighted by atomic mass is 16.4. The molecule has 0 aliphatic heterocycles. The molecule has 0 heterocycles. The van der Waals surface area contributed by atoms with Gasteiger partial charge in [0.15, 0.2) is 0 Å². The van der Waals surface area contributed by atoms with Gasteiger partial charge in [-0.15, -0.1) is 0 Å². The molecule has 0 aromatic rings. The van der Waals surface area contributed by atoms with Crippen LogP contribution in [0.3, 0.4) is 0 Å². The molecule has 6 heteroatoms. The van der Waals surface area contributed by atoms with Crippen molar-refractivity contribution in [3.63, 3.8) is 0 Å². The molecule has 0 bridgehead atoms. The monoisotopic (exact) mass is 286 g/mol. The predicted octanol–water partition coefficient (Wildman–Crippen LogP) is 1.38. The molecule has 0 aliphatic rings. The Morgan fingerprint density at radius 1 is 1.15 bits per heavy atom. The Balaban J connectivity index is 4.95. The molecular weight excluding hydrogens is 260 g/mol. The number of rotatable bonds is 10. The number of primary amides is 1. The van der Waals surface area contributed by atoms with E-state index in [1.165, 1.54) is 4.90 Å². The number of carbonyl (C=O) groups excluding carboxylic acids is 2. The lowest BCUT2D eigenvalue weighted by Crippen LogP contribution is -2.43. The van der Waals surface area contributed by atoms with Crippen LogP contribution in [0.25, 0.3) is 0 Å². The molecule has 0 unspecified atom stereocenters. The van der Waals surface area contributed by atoms with Gasteiger partial charge in [-0.3, -0.25) is 14.4 Å². The number of amides is 2. The maximum atomic E-state index is 12.3. The number of carbonyl (C=O) groups is 3. The summed E-state index contributed by atoms with van der Waals surface area (Å²) < 4.78 is 0. The highest BCUT2D eigenvalue weighted by Crippen LogP contribution is 2.31. The van der Waals surface area contributed by atoms with E-state index in [-0.39, 0.29) is 18.9 Å². The summed E-state index contributed by atoms with van der Waals surface area (Å²) in [6, 6.07) is 0. The van der Waals surface area contributed by atoms with E-state index in [9.17, 15) is 19.5 Å². The van der Waals surface area contributed by atoms with E-state index in [1.807, 2.05) is 6.92 Å². The van der Waals surface area contributed by atoms with E-state index >= 15 is 0 Å². The Morgan fingerprint density at radius 3 is 2.05 bits per heavy atom. The molecule has 0 saturated carbocycles. The smallest absolute Gasteiger partial charge is 0.310 e. The zero-order chi connectivity index (χ0) is 15.8. The lowest BCUT2D eigenvalue weighted by atomic mass is 9.79. The second-order valence-electron chi connectivity index (χ2n) is 5.10. The van der Waals surface area contributed by atoms with Crippen molar-refractivity contribution >= 4 is 17.8 Å². The minimum absolute atomic E-state index is 0.0909. The Morgan fingerprint density at radius 2 is 1.70 bits per heavy atom. The van der Waals surface area contributed by atoms with Gasteiger partial charge in [-0.1, -0.05) is 27.2 Å². The van der Waals surface area contributed by atoms with Gasteiger partial charge in [-0.25, -0.2) is 0 Å². The Kier molecular flexibility index (Phi) is 7.87. The summed E-state index contributed by atoms with van der Waals surface area (Å²) in [5.74, 6) is -1.86. The molecule has 0 rings (SSSR count). The van der Waals surface area contributed by atoms with Crippen molar-refractivity contribution in [3.8, 4) is 0 Å². The first kappa shape index (κ1) is 18.4. The van der Waals surface area contributed by atoms with Crippen molar-refractivity contribution in [1.29, 1.82) is 0 Å². The molecule has 116 valence electrons. The maximum absolute atomic E-state index is 12.3. The van der Waals surface area contributed by atoms with E-state index in [4.69, 9.17) is 5.73 Å². The van der Waals surface area contributed by atoms with Crippen molar-refractivity contribution in [1.82, 2.24) is 4.90 Å². The molecule has 0 aliphatic carbocycles. The molecular formula is C14H26N2O4. The van der Waals surface area contributed by atoms with Gasteiger partial charge in [0.05, 0.1) is 12.0 Å². The average molecular weight is 286 g/mol. The summed E-state index contributed by atoms with van der Waals surface area (Å²) in [6.45, 7) is 5.78. The zero-order valence-electron chi connectivity index (χ0n) is 12.6. The molecule has 0 aromatic carbocycles. The number of hydrogen-bond donors (Lipinski definition) is 2. The SMILES string of the molecule is CCCCN(CC(N)=O)C(=O)CC(CC)(CC)C(=O)O. The van der Waals surface area contributed by atoms with Crippen molar-refractivity contribution in [2.24, 2.45) is 11.1 Å². The lowest BCUT2D eigenvalue weighted by molar-refractivity contribution is -0.154. The number of carboxylic acids is 1. The van der Waals surface area contributed by atoms with Crippen LogP contribution in [0.5, 0.6) is 0 Å². The normalized spacial score (nSPS) is 11.2. The van der Waals surface area contributed by atoms with Crippen LogP contribution in [0, 0.1) is 5.41 Å². The van der Waals surface area contributed by atoms with Gasteiger partial charge < -0.3 is 15.7 Å². The number of nitrogens with zero attached hydrogens (tertiary/aromatic N) is 1. The number of carboxylic acid groups (broad SMARTS) is 1. The molecule has 0 atom stereocenters. The van der Waals surface area contributed by atoms with E-state index in [2.05, 4.69) is 0 Å². The first-order valence-corrected chi connectivity index (χ1v) is 7.12. The van der Waals surface area contributed by atoms with Crippen LogP contribution in [0.2, 0.25) is 0 Å². The van der Waals surface area contributed by atoms with Crippen LogP contribution in [0.4, 0.5) is 0 Å². The summed E-state index contributed by atoms with van der Waals surface area (Å²) >= 11 is 0. The fraction of sp³-hybridized carbons (Fsp3) is 0.786. The lowest BCUT2D eigenvalue weighted by Gasteiger charge is -2.29. The summed E-state index contributed by atoms with van der Waals surface area (Å²) in [5.41, 5.74) is 4.09. The van der Waals surface area contributed by atoms with E-state index in [0.717, 1.165) is 12.8 Å². The van der Waals surface area contributed by atoms with Crippen LogP contribution in [-0.4, -0.2) is 40.9 Å². The third-order valence-electron chi connectivity index (χ3n) is 3.78. The van der Waals surface area contributed by atoms with E-state index in [1.54, 1.807) is 13.8 Å². The highest BCUT2D eigenvalue weighted by Gasteiger charge is 2.38. The van der Waals surface area contributed by atoms with Crippen molar-refractivity contribution in [2.75, 3.05) is 13.1 Å². The van der Waals surface area contributed by atoms with Crippen LogP contribution < -0.4 is 5.73 Å². The average Bonchev–Trinajstić information content (AvgIpc) is 2.39. The fourth-order valence-corrected chi connectivity index (χ4v) is 2.11. The fourth-order valence-electron chi connectivity index (χ4n) is 2.11. The zero-order valence-corrected chi connectivity index (χ0v) is 12.6. The quantitative estimate of drug-likeness (QED) is 0.633. The van der Waals surface area contributed by atoms with Gasteiger partial charge in [-0.05, 0) is 19.3 Å². The van der Waals surface area contributed by atoms with Gasteiger partial charge in [0.2, 0.25) is 11.8 Å². The van der Waals surface area contributed by atoms with E-state index in [0.29, 0.717) is 19.4 Å². The predicted molar refractivity (Wildman–Crippen MR) is 76.0 cm³/mol. The number of aliphatic carboxylic acids is 1. The molecule has 6 nitrogen and oxygen atoms in total. The molecule has 0 aromatic heterocycles. The first-order chi connectivity index (χ1) is 9.32. The van der Waals surface area contributed by atoms with Crippen molar-refractivity contribution in [2.45, 2.75) is 52.9 Å². The Hall–Kier alpha value is -1.59. The van der Waals surface area contributed by atoms with Crippen LogP contribution in [0.1, 0.15) is 52.9 Å². The minimum atomic E-state index is -1.06. The van der Waals surface area contributed by atoms with Crippen molar-refractivity contribution < 1.29 is 19.5 Å². The molecule has 0 fully saturated rings. The van der Waals surface area contributed by atoms with Crippen LogP contribution >= 0.6 is 0 Å². The maximum Gasteiger partial charge on any atom is 0.310 e. The topological polar surface area (TPSA) is 101 Å². The largest absolute Gasteiger partial charge is 0.481 e. The molecule has 0 radical (unpaired) electrons. The molecule has 2 amide bonds. The van der Waals surface area contributed by atoms with Gasteiger partial charge in [0.25, 0.3) is 0 Å². The summed E-state index contributed by atoms with van der Waals surface area (Å²) in [4.78, 5) is 36.1. The standard InChI is InChI=1S/C14H26N2O4/c1-4-7-8-16(10-11(15)17)12(18)9-14(5-2,6-3)13(19)20/h4-10H2,1-3H3,(H2,15,17)(H,19,20). The summed E-state index contributed by atoms with van der Waals surface area (Å²) in [6.07, 6.45) is 2.31. The summed E-state index contributed by atoms with van der Waals surface area (Å²) in [5, 5.41) is 9.35. The number of hydrogen-bond acceptors (Lipinski definition) is 3. The molecule has 20 heavy (non-hydrogen) atoms.